The van der Waals surface area contributed by atoms with Crippen LogP contribution in [0.25, 0.3) is 11.0 Å². The molecule has 2 amide bonds. The first-order valence-corrected chi connectivity index (χ1v) is 8.64. The van der Waals surface area contributed by atoms with Crippen molar-refractivity contribution in [3.63, 3.8) is 0 Å². The molecular weight excluding hydrogens is 371 g/mol. The lowest BCUT2D eigenvalue weighted by atomic mass is 9.95. The SMILES string of the molecule is CC(C)(C)C(=O)Nc1c(C(=O)Nc2ccc(F)c(Cl)c2)oc2ccccc12. The molecule has 1 aromatic heterocycles. The highest BCUT2D eigenvalue weighted by Gasteiger charge is 2.27. The number of anilines is 2. The quantitative estimate of drug-likeness (QED) is 0.625. The van der Waals surface area contributed by atoms with E-state index in [9.17, 15) is 14.0 Å². The third-order valence-corrected chi connectivity index (χ3v) is 4.19. The number of carbonyl (C=O) groups excluding carboxylic acids is 2. The number of carbonyl (C=O) groups is 2. The van der Waals surface area contributed by atoms with Gasteiger partial charge in [0.2, 0.25) is 11.7 Å². The van der Waals surface area contributed by atoms with Gasteiger partial charge in [0.15, 0.2) is 0 Å². The number of hydrogen-bond donors (Lipinski definition) is 2. The summed E-state index contributed by atoms with van der Waals surface area (Å²) in [7, 11) is 0. The van der Waals surface area contributed by atoms with E-state index in [0.717, 1.165) is 6.07 Å². The van der Waals surface area contributed by atoms with Gasteiger partial charge < -0.3 is 15.1 Å². The van der Waals surface area contributed by atoms with E-state index >= 15 is 0 Å². The molecule has 0 bridgehead atoms. The third kappa shape index (κ3) is 3.95. The first-order valence-electron chi connectivity index (χ1n) is 8.26. The van der Waals surface area contributed by atoms with Crippen LogP contribution in [-0.2, 0) is 4.79 Å². The van der Waals surface area contributed by atoms with E-state index in [2.05, 4.69) is 10.6 Å². The lowest BCUT2D eigenvalue weighted by Gasteiger charge is -2.17. The van der Waals surface area contributed by atoms with Crippen molar-refractivity contribution in [2.45, 2.75) is 20.8 Å². The topological polar surface area (TPSA) is 71.3 Å². The average molecular weight is 389 g/mol. The lowest BCUT2D eigenvalue weighted by molar-refractivity contribution is -0.123. The van der Waals surface area contributed by atoms with Gasteiger partial charge in [-0.3, -0.25) is 9.59 Å². The zero-order valence-electron chi connectivity index (χ0n) is 15.0. The first-order chi connectivity index (χ1) is 12.7. The van der Waals surface area contributed by atoms with E-state index in [-0.39, 0.29) is 22.4 Å². The lowest BCUT2D eigenvalue weighted by Crippen LogP contribution is -2.28. The van der Waals surface area contributed by atoms with E-state index in [0.29, 0.717) is 16.7 Å². The Kier molecular flexibility index (Phi) is 4.93. The number of nitrogens with one attached hydrogen (secondary N) is 2. The Hall–Kier alpha value is -2.86. The molecule has 27 heavy (non-hydrogen) atoms. The van der Waals surface area contributed by atoms with E-state index in [4.69, 9.17) is 16.0 Å². The maximum atomic E-state index is 13.3. The standard InChI is InChI=1S/C20H18ClFN2O3/c1-20(2,3)19(26)24-16-12-6-4-5-7-15(12)27-17(16)18(25)23-11-8-9-14(22)13(21)10-11/h4-10H,1-3H3,(H,23,25)(H,24,26). The summed E-state index contributed by atoms with van der Waals surface area (Å²) in [5, 5.41) is 5.88. The molecule has 140 valence electrons. The van der Waals surface area contributed by atoms with Gasteiger partial charge in [0, 0.05) is 16.5 Å². The molecule has 0 aliphatic rings. The number of benzene rings is 2. The molecule has 5 nitrogen and oxygen atoms in total. The van der Waals surface area contributed by atoms with Crippen LogP contribution in [0.5, 0.6) is 0 Å². The number of furan rings is 1. The second-order valence-corrected chi connectivity index (χ2v) is 7.50. The van der Waals surface area contributed by atoms with E-state index < -0.39 is 17.1 Å². The van der Waals surface area contributed by atoms with Crippen LogP contribution in [0.15, 0.2) is 46.9 Å². The van der Waals surface area contributed by atoms with E-state index in [1.54, 1.807) is 45.0 Å². The summed E-state index contributed by atoms with van der Waals surface area (Å²) in [5.74, 6) is -1.48. The van der Waals surface area contributed by atoms with Crippen molar-refractivity contribution in [2.24, 2.45) is 5.41 Å². The van der Waals surface area contributed by atoms with E-state index in [1.807, 2.05) is 0 Å². The number of rotatable bonds is 3. The zero-order chi connectivity index (χ0) is 19.8. The highest BCUT2D eigenvalue weighted by atomic mass is 35.5. The predicted molar refractivity (Wildman–Crippen MR) is 104 cm³/mol. The van der Waals surface area contributed by atoms with Crippen molar-refractivity contribution in [3.8, 4) is 0 Å². The van der Waals surface area contributed by atoms with Crippen molar-refractivity contribution in [3.05, 3.63) is 59.1 Å². The normalized spacial score (nSPS) is 11.4. The summed E-state index contributed by atoms with van der Waals surface area (Å²) >= 11 is 5.75. The summed E-state index contributed by atoms with van der Waals surface area (Å²) in [6.45, 7) is 5.31. The average Bonchev–Trinajstić information content (AvgIpc) is 2.96. The number of amides is 2. The number of fused-ring (bicyclic) bond motifs is 1. The molecule has 0 fully saturated rings. The molecule has 0 spiro atoms. The fraction of sp³-hybridized carbons (Fsp3) is 0.200. The monoisotopic (exact) mass is 388 g/mol. The van der Waals surface area contributed by atoms with Crippen LogP contribution in [0.3, 0.4) is 0 Å². The van der Waals surface area contributed by atoms with Gasteiger partial charge in [-0.1, -0.05) is 44.5 Å². The minimum Gasteiger partial charge on any atom is -0.449 e. The Morgan fingerprint density at radius 2 is 1.78 bits per heavy atom. The molecule has 0 aliphatic heterocycles. The van der Waals surface area contributed by atoms with Crippen LogP contribution in [0.2, 0.25) is 5.02 Å². The minimum atomic E-state index is -0.656. The van der Waals surface area contributed by atoms with Crippen LogP contribution < -0.4 is 10.6 Å². The van der Waals surface area contributed by atoms with Gasteiger partial charge in [0.1, 0.15) is 17.1 Å². The molecule has 0 radical (unpaired) electrons. The van der Waals surface area contributed by atoms with Crippen molar-refractivity contribution in [1.82, 2.24) is 0 Å². The van der Waals surface area contributed by atoms with Crippen LogP contribution in [0.4, 0.5) is 15.8 Å². The maximum absolute atomic E-state index is 13.3. The molecule has 2 aromatic carbocycles. The minimum absolute atomic E-state index is 0.0470. The van der Waals surface area contributed by atoms with Gasteiger partial charge >= 0.3 is 0 Å². The third-order valence-electron chi connectivity index (χ3n) is 3.90. The second-order valence-electron chi connectivity index (χ2n) is 7.09. The highest BCUT2D eigenvalue weighted by molar-refractivity contribution is 6.31. The largest absolute Gasteiger partial charge is 0.449 e. The van der Waals surface area contributed by atoms with Crippen molar-refractivity contribution in [1.29, 1.82) is 0 Å². The molecule has 3 rings (SSSR count). The Morgan fingerprint density at radius 3 is 2.44 bits per heavy atom. The molecule has 1 heterocycles. The van der Waals surface area contributed by atoms with Gasteiger partial charge in [-0.25, -0.2) is 4.39 Å². The second kappa shape index (κ2) is 7.04. The maximum Gasteiger partial charge on any atom is 0.293 e. The van der Waals surface area contributed by atoms with Crippen molar-refractivity contribution >= 4 is 45.8 Å². The van der Waals surface area contributed by atoms with E-state index in [1.165, 1.54) is 12.1 Å². The summed E-state index contributed by atoms with van der Waals surface area (Å²) < 4.78 is 19.0. The predicted octanol–water partition coefficient (Wildman–Crippen LogP) is 5.46. The Balaban J connectivity index is 1.99. The summed E-state index contributed by atoms with van der Waals surface area (Å²) in [5.41, 5.74) is 0.400. The molecular formula is C20H18ClFN2O3. The molecule has 0 saturated heterocycles. The highest BCUT2D eigenvalue weighted by Crippen LogP contribution is 2.33. The molecule has 2 N–H and O–H groups in total. The Labute approximate surface area is 160 Å². The van der Waals surface area contributed by atoms with Crippen LogP contribution >= 0.6 is 11.6 Å². The molecule has 3 aromatic rings. The summed E-state index contributed by atoms with van der Waals surface area (Å²) in [4.78, 5) is 25.2. The Morgan fingerprint density at radius 1 is 1.07 bits per heavy atom. The van der Waals surface area contributed by atoms with Crippen molar-refractivity contribution in [2.75, 3.05) is 10.6 Å². The fourth-order valence-electron chi connectivity index (χ4n) is 2.39. The molecule has 0 unspecified atom stereocenters. The number of hydrogen-bond acceptors (Lipinski definition) is 3. The fourth-order valence-corrected chi connectivity index (χ4v) is 2.57. The van der Waals surface area contributed by atoms with Gasteiger partial charge in [-0.05, 0) is 30.3 Å². The van der Waals surface area contributed by atoms with Gasteiger partial charge in [0.05, 0.1) is 5.02 Å². The smallest absolute Gasteiger partial charge is 0.293 e. The van der Waals surface area contributed by atoms with Gasteiger partial charge in [0.25, 0.3) is 5.91 Å². The summed E-state index contributed by atoms with van der Waals surface area (Å²) in [6, 6.07) is 10.8. The van der Waals surface area contributed by atoms with Crippen LogP contribution in [0, 0.1) is 11.2 Å². The molecule has 0 aliphatic carbocycles. The van der Waals surface area contributed by atoms with Gasteiger partial charge in [-0.2, -0.15) is 0 Å². The Bertz CT molecular complexity index is 1040. The summed E-state index contributed by atoms with van der Waals surface area (Å²) in [6.07, 6.45) is 0. The molecule has 0 atom stereocenters. The molecule has 7 heteroatoms. The van der Waals surface area contributed by atoms with Crippen LogP contribution in [-0.4, -0.2) is 11.8 Å². The molecule has 0 saturated carbocycles. The number of para-hydroxylation sites is 1. The van der Waals surface area contributed by atoms with Crippen molar-refractivity contribution < 1.29 is 18.4 Å². The number of halogens is 2. The van der Waals surface area contributed by atoms with Crippen LogP contribution in [0.1, 0.15) is 31.3 Å². The first kappa shape index (κ1) is 18.9. The van der Waals surface area contributed by atoms with Gasteiger partial charge in [-0.15, -0.1) is 0 Å². The zero-order valence-corrected chi connectivity index (χ0v) is 15.8.